The van der Waals surface area contributed by atoms with Gasteiger partial charge in [0.1, 0.15) is 4.47 Å². The average Bonchev–Trinajstić information content (AvgIpc) is 2.41. The highest BCUT2D eigenvalue weighted by molar-refractivity contribution is 9.10. The monoisotopic (exact) mass is 408 g/mol. The summed E-state index contributed by atoms with van der Waals surface area (Å²) in [7, 11) is 1.40. The van der Waals surface area contributed by atoms with Gasteiger partial charge in [-0.2, -0.15) is 0 Å². The maximum atomic E-state index is 12.3. The van der Waals surface area contributed by atoms with Crippen molar-refractivity contribution in [2.24, 2.45) is 7.05 Å². The van der Waals surface area contributed by atoms with Crippen molar-refractivity contribution in [1.82, 2.24) is 9.13 Å². The second-order valence-corrected chi connectivity index (χ2v) is 8.28. The van der Waals surface area contributed by atoms with Crippen molar-refractivity contribution in [2.75, 3.05) is 0 Å². The van der Waals surface area contributed by atoms with Gasteiger partial charge in [0.05, 0.1) is 5.69 Å². The number of rotatable bonds is 5. The van der Waals surface area contributed by atoms with E-state index in [-0.39, 0.29) is 32.3 Å². The summed E-state index contributed by atoms with van der Waals surface area (Å²) in [6.45, 7) is 5.01. The number of aromatic nitrogens is 2. The maximum absolute atomic E-state index is 12.3. The SMILES string of the molecule is CC(=O)SCc1c(Br)c(=O)n(C)c(=O)n1CC(C)SC(C)=O. The van der Waals surface area contributed by atoms with Gasteiger partial charge >= 0.3 is 5.69 Å². The summed E-state index contributed by atoms with van der Waals surface area (Å²) in [5, 5.41) is -0.262. The highest BCUT2D eigenvalue weighted by atomic mass is 79.9. The van der Waals surface area contributed by atoms with Gasteiger partial charge in [-0.15, -0.1) is 0 Å². The van der Waals surface area contributed by atoms with Crippen LogP contribution in [0.1, 0.15) is 26.5 Å². The van der Waals surface area contributed by atoms with E-state index in [0.29, 0.717) is 5.69 Å². The summed E-state index contributed by atoms with van der Waals surface area (Å²) in [4.78, 5) is 46.7. The Hall–Kier alpha value is -0.800. The van der Waals surface area contributed by atoms with Gasteiger partial charge in [0.15, 0.2) is 10.2 Å². The molecule has 22 heavy (non-hydrogen) atoms. The summed E-state index contributed by atoms with van der Waals surface area (Å²) in [5.41, 5.74) is -0.431. The summed E-state index contributed by atoms with van der Waals surface area (Å²) in [6.07, 6.45) is 0. The molecular formula is C13H17BrN2O4S2. The number of hydrogen-bond donors (Lipinski definition) is 0. The summed E-state index contributed by atoms with van der Waals surface area (Å²) in [5.74, 6) is 0.221. The fourth-order valence-electron chi connectivity index (χ4n) is 1.85. The maximum Gasteiger partial charge on any atom is 0.331 e. The number of carbonyl (C=O) groups excluding carboxylic acids is 2. The quantitative estimate of drug-likeness (QED) is 0.738. The van der Waals surface area contributed by atoms with Gasteiger partial charge in [0.2, 0.25) is 0 Å². The number of thioether (sulfide) groups is 2. The Morgan fingerprint density at radius 3 is 2.32 bits per heavy atom. The molecule has 0 N–H and O–H groups in total. The lowest BCUT2D eigenvalue weighted by Crippen LogP contribution is -2.41. The molecule has 1 heterocycles. The minimum absolute atomic E-state index is 0.0379. The number of halogens is 1. The normalized spacial score (nSPS) is 12.2. The van der Waals surface area contributed by atoms with Gasteiger partial charge in [0, 0.05) is 38.4 Å². The molecular weight excluding hydrogens is 392 g/mol. The molecule has 1 atom stereocenters. The van der Waals surface area contributed by atoms with Crippen LogP contribution in [-0.4, -0.2) is 24.6 Å². The zero-order chi connectivity index (χ0) is 17.0. The van der Waals surface area contributed by atoms with E-state index in [2.05, 4.69) is 15.9 Å². The van der Waals surface area contributed by atoms with E-state index < -0.39 is 11.2 Å². The Morgan fingerprint density at radius 1 is 1.23 bits per heavy atom. The minimum atomic E-state index is -0.455. The molecule has 1 aromatic rings. The third-order valence-corrected chi connectivity index (χ3v) is 5.31. The van der Waals surface area contributed by atoms with Crippen LogP contribution in [-0.2, 0) is 28.9 Å². The first-order chi connectivity index (χ1) is 10.1. The zero-order valence-corrected chi connectivity index (χ0v) is 15.9. The van der Waals surface area contributed by atoms with Crippen molar-refractivity contribution >= 4 is 49.7 Å². The molecule has 0 radical (unpaired) electrons. The molecule has 0 aliphatic heterocycles. The zero-order valence-electron chi connectivity index (χ0n) is 12.7. The molecule has 0 spiro atoms. The Balaban J connectivity index is 3.33. The third-order valence-electron chi connectivity index (χ3n) is 2.81. The number of carbonyl (C=O) groups is 2. The highest BCUT2D eigenvalue weighted by Gasteiger charge is 2.18. The molecule has 0 aliphatic rings. The van der Waals surface area contributed by atoms with Gasteiger partial charge in [-0.1, -0.05) is 30.4 Å². The van der Waals surface area contributed by atoms with Crippen LogP contribution in [0.25, 0.3) is 0 Å². The van der Waals surface area contributed by atoms with Crippen molar-refractivity contribution in [1.29, 1.82) is 0 Å². The van der Waals surface area contributed by atoms with Crippen LogP contribution in [0.4, 0.5) is 0 Å². The minimum Gasteiger partial charge on any atom is -0.294 e. The van der Waals surface area contributed by atoms with Crippen molar-refractivity contribution in [3.8, 4) is 0 Å². The summed E-state index contributed by atoms with van der Waals surface area (Å²) >= 11 is 5.37. The fraction of sp³-hybridized carbons (Fsp3) is 0.538. The van der Waals surface area contributed by atoms with Gasteiger partial charge in [-0.3, -0.25) is 23.5 Å². The topological polar surface area (TPSA) is 78.1 Å². The van der Waals surface area contributed by atoms with E-state index in [1.165, 1.54) is 25.5 Å². The third kappa shape index (κ3) is 4.85. The molecule has 122 valence electrons. The molecule has 1 aromatic heterocycles. The molecule has 0 saturated carbocycles. The molecule has 0 aliphatic carbocycles. The Morgan fingerprint density at radius 2 is 1.82 bits per heavy atom. The second-order valence-electron chi connectivity index (χ2n) is 4.72. The second kappa shape index (κ2) is 8.16. The molecule has 0 fully saturated rings. The van der Waals surface area contributed by atoms with Crippen molar-refractivity contribution in [3.05, 3.63) is 31.0 Å². The van der Waals surface area contributed by atoms with Crippen LogP contribution in [0.5, 0.6) is 0 Å². The fourth-order valence-corrected chi connectivity index (χ4v) is 4.09. The van der Waals surface area contributed by atoms with E-state index in [4.69, 9.17) is 0 Å². The Labute approximate surface area is 144 Å². The van der Waals surface area contributed by atoms with Crippen molar-refractivity contribution in [3.63, 3.8) is 0 Å². The lowest BCUT2D eigenvalue weighted by Gasteiger charge is -2.18. The van der Waals surface area contributed by atoms with Crippen LogP contribution in [0.2, 0.25) is 0 Å². The van der Waals surface area contributed by atoms with Crippen LogP contribution in [0.15, 0.2) is 14.1 Å². The first-order valence-electron chi connectivity index (χ1n) is 6.44. The first kappa shape index (κ1) is 19.2. The predicted molar refractivity (Wildman–Crippen MR) is 93.4 cm³/mol. The van der Waals surface area contributed by atoms with E-state index in [1.807, 2.05) is 6.92 Å². The van der Waals surface area contributed by atoms with Crippen LogP contribution in [0, 0.1) is 0 Å². The Kier molecular flexibility index (Phi) is 7.14. The van der Waals surface area contributed by atoms with Crippen LogP contribution < -0.4 is 11.2 Å². The van der Waals surface area contributed by atoms with Gasteiger partial charge < -0.3 is 0 Å². The Bertz CT molecular complexity index is 711. The summed E-state index contributed by atoms with van der Waals surface area (Å²) in [6, 6.07) is 0. The molecule has 0 bridgehead atoms. The molecule has 0 amide bonds. The smallest absolute Gasteiger partial charge is 0.294 e. The largest absolute Gasteiger partial charge is 0.331 e. The van der Waals surface area contributed by atoms with E-state index in [9.17, 15) is 19.2 Å². The van der Waals surface area contributed by atoms with Gasteiger partial charge in [-0.05, 0) is 15.9 Å². The molecule has 0 aromatic carbocycles. The van der Waals surface area contributed by atoms with Gasteiger partial charge in [0.25, 0.3) is 5.56 Å². The lowest BCUT2D eigenvalue weighted by atomic mass is 10.3. The molecule has 6 nitrogen and oxygen atoms in total. The standard InChI is InChI=1S/C13H17BrN2O4S2/c1-7(22-9(3)18)5-16-10(6-21-8(2)17)11(14)12(19)15(4)13(16)20/h7H,5-6H2,1-4H3. The lowest BCUT2D eigenvalue weighted by molar-refractivity contribution is -0.109. The first-order valence-corrected chi connectivity index (χ1v) is 9.09. The van der Waals surface area contributed by atoms with E-state index >= 15 is 0 Å². The predicted octanol–water partition coefficient (Wildman–Crippen LogP) is 1.76. The van der Waals surface area contributed by atoms with Crippen molar-refractivity contribution in [2.45, 2.75) is 38.3 Å². The molecule has 9 heteroatoms. The average molecular weight is 409 g/mol. The summed E-state index contributed by atoms with van der Waals surface area (Å²) < 4.78 is 2.72. The molecule has 0 saturated heterocycles. The van der Waals surface area contributed by atoms with Crippen molar-refractivity contribution < 1.29 is 9.59 Å². The number of nitrogens with zero attached hydrogens (tertiary/aromatic N) is 2. The van der Waals surface area contributed by atoms with Crippen LogP contribution >= 0.6 is 39.5 Å². The molecule has 1 unspecified atom stereocenters. The van der Waals surface area contributed by atoms with Gasteiger partial charge in [-0.25, -0.2) is 4.79 Å². The molecule has 1 rings (SSSR count). The van der Waals surface area contributed by atoms with Crippen LogP contribution in [0.3, 0.4) is 0 Å². The van der Waals surface area contributed by atoms with E-state index in [1.54, 1.807) is 0 Å². The van der Waals surface area contributed by atoms with E-state index in [0.717, 1.165) is 28.1 Å². The highest BCUT2D eigenvalue weighted by Crippen LogP contribution is 2.20. The number of hydrogen-bond acceptors (Lipinski definition) is 6.